The topological polar surface area (TPSA) is 90.5 Å². The van der Waals surface area contributed by atoms with Crippen LogP contribution in [0.4, 0.5) is 17.1 Å². The number of piperidine rings is 1. The van der Waals surface area contributed by atoms with Gasteiger partial charge in [-0.25, -0.2) is 0 Å². The van der Waals surface area contributed by atoms with E-state index in [9.17, 15) is 20.2 Å². The first kappa shape index (κ1) is 18.4. The van der Waals surface area contributed by atoms with Crippen LogP contribution in [0.5, 0.6) is 0 Å². The Morgan fingerprint density at radius 1 is 1.22 bits per heavy atom. The summed E-state index contributed by atoms with van der Waals surface area (Å²) in [4.78, 5) is 26.9. The van der Waals surface area contributed by atoms with Gasteiger partial charge < -0.3 is 9.80 Å². The van der Waals surface area contributed by atoms with Crippen LogP contribution in [0.3, 0.4) is 0 Å². The van der Waals surface area contributed by atoms with Crippen LogP contribution in [-0.4, -0.2) is 31.0 Å². The van der Waals surface area contributed by atoms with Gasteiger partial charge in [0.15, 0.2) is 0 Å². The number of amides is 1. The number of nitrogens with zero attached hydrogens (tertiary/aromatic N) is 4. The van der Waals surface area contributed by atoms with Gasteiger partial charge >= 0.3 is 0 Å². The highest BCUT2D eigenvalue weighted by Crippen LogP contribution is 2.30. The smallest absolute Gasteiger partial charge is 0.270 e. The minimum atomic E-state index is -0.505. The van der Waals surface area contributed by atoms with Gasteiger partial charge in [0.1, 0.15) is 6.07 Å². The maximum absolute atomic E-state index is 12.8. The highest BCUT2D eigenvalue weighted by atomic mass is 16.6. The summed E-state index contributed by atoms with van der Waals surface area (Å²) in [6.07, 6.45) is 1.36. The predicted octanol–water partition coefficient (Wildman–Crippen LogP) is 3.35. The average Bonchev–Trinajstić information content (AvgIpc) is 2.73. The molecular formula is C20H20N4O3. The second kappa shape index (κ2) is 7.87. The normalized spacial score (nSPS) is 14.4. The number of carbonyl (C=O) groups is 1. The van der Waals surface area contributed by atoms with Crippen molar-refractivity contribution < 1.29 is 9.72 Å². The number of nitriles is 1. The van der Waals surface area contributed by atoms with Crippen LogP contribution in [0.25, 0.3) is 0 Å². The quantitative estimate of drug-likeness (QED) is 0.613. The third-order valence-corrected chi connectivity index (χ3v) is 4.97. The number of para-hydroxylation sites is 1. The molecule has 0 spiro atoms. The summed E-state index contributed by atoms with van der Waals surface area (Å²) < 4.78 is 0. The molecule has 0 aromatic heterocycles. The molecule has 3 rings (SSSR count). The lowest BCUT2D eigenvalue weighted by molar-refractivity contribution is -0.384. The fourth-order valence-corrected chi connectivity index (χ4v) is 3.42. The van der Waals surface area contributed by atoms with Gasteiger partial charge in [0.05, 0.1) is 16.2 Å². The molecule has 1 aliphatic heterocycles. The summed E-state index contributed by atoms with van der Waals surface area (Å²) in [5, 5.41) is 20.2. The van der Waals surface area contributed by atoms with Crippen molar-refractivity contribution in [3.05, 3.63) is 64.2 Å². The van der Waals surface area contributed by atoms with E-state index < -0.39 is 4.92 Å². The van der Waals surface area contributed by atoms with E-state index in [1.54, 1.807) is 18.0 Å². The Morgan fingerprint density at radius 3 is 2.48 bits per heavy atom. The fourth-order valence-electron chi connectivity index (χ4n) is 3.42. The van der Waals surface area contributed by atoms with Gasteiger partial charge in [0.2, 0.25) is 5.91 Å². The van der Waals surface area contributed by atoms with Crippen LogP contribution in [-0.2, 0) is 4.79 Å². The summed E-state index contributed by atoms with van der Waals surface area (Å²) in [5.74, 6) is 0.0140. The van der Waals surface area contributed by atoms with E-state index in [0.29, 0.717) is 31.6 Å². The van der Waals surface area contributed by atoms with Crippen LogP contribution >= 0.6 is 0 Å². The van der Waals surface area contributed by atoms with Gasteiger partial charge in [0.25, 0.3) is 5.69 Å². The Bertz CT molecular complexity index is 884. The van der Waals surface area contributed by atoms with E-state index in [1.165, 1.54) is 12.1 Å². The van der Waals surface area contributed by atoms with E-state index in [2.05, 4.69) is 0 Å². The molecule has 0 bridgehead atoms. The monoisotopic (exact) mass is 364 g/mol. The van der Waals surface area contributed by atoms with E-state index in [0.717, 1.165) is 5.69 Å². The van der Waals surface area contributed by atoms with Crippen molar-refractivity contribution in [2.45, 2.75) is 12.8 Å². The second-order valence-corrected chi connectivity index (χ2v) is 6.56. The third-order valence-electron chi connectivity index (χ3n) is 4.97. The molecule has 2 aromatic rings. The molecule has 0 unspecified atom stereocenters. The number of anilines is 2. The molecule has 7 heteroatoms. The van der Waals surface area contributed by atoms with E-state index in [-0.39, 0.29) is 23.1 Å². The summed E-state index contributed by atoms with van der Waals surface area (Å²) in [6, 6.07) is 15.9. The lowest BCUT2D eigenvalue weighted by atomic mass is 9.94. The molecule has 7 nitrogen and oxygen atoms in total. The van der Waals surface area contributed by atoms with E-state index >= 15 is 0 Å². The first-order chi connectivity index (χ1) is 13.0. The van der Waals surface area contributed by atoms with Gasteiger partial charge in [-0.15, -0.1) is 0 Å². The van der Waals surface area contributed by atoms with Crippen molar-refractivity contribution in [3.63, 3.8) is 0 Å². The molecule has 0 saturated carbocycles. The molecule has 1 amide bonds. The predicted molar refractivity (Wildman–Crippen MR) is 103 cm³/mol. The second-order valence-electron chi connectivity index (χ2n) is 6.56. The number of carbonyl (C=O) groups excluding carboxylic acids is 1. The molecule has 27 heavy (non-hydrogen) atoms. The van der Waals surface area contributed by atoms with Crippen molar-refractivity contribution in [2.75, 3.05) is 29.9 Å². The standard InChI is InChI=1S/C20H20N4O3/c1-22(17-5-3-2-4-6-17)20(25)15-9-11-23(12-10-15)19-8-7-18(24(26)27)13-16(19)14-21/h2-8,13,15H,9-12H2,1H3. The molecule has 1 saturated heterocycles. The van der Waals surface area contributed by atoms with Gasteiger partial charge in [-0.05, 0) is 31.0 Å². The van der Waals surface area contributed by atoms with Crippen molar-refractivity contribution in [2.24, 2.45) is 5.92 Å². The number of hydrogen-bond acceptors (Lipinski definition) is 5. The molecule has 0 radical (unpaired) electrons. The zero-order valence-corrected chi connectivity index (χ0v) is 15.0. The summed E-state index contributed by atoms with van der Waals surface area (Å²) in [5.41, 5.74) is 1.75. The number of rotatable bonds is 4. The van der Waals surface area contributed by atoms with E-state index in [4.69, 9.17) is 0 Å². The maximum Gasteiger partial charge on any atom is 0.270 e. The van der Waals surface area contributed by atoms with E-state index in [1.807, 2.05) is 41.3 Å². The largest absolute Gasteiger partial charge is 0.370 e. The highest BCUT2D eigenvalue weighted by molar-refractivity contribution is 5.94. The van der Waals surface area contributed by atoms with Gasteiger partial charge in [0, 0.05) is 43.9 Å². The lowest BCUT2D eigenvalue weighted by Gasteiger charge is -2.35. The number of nitro groups is 1. The van der Waals surface area contributed by atoms with Gasteiger partial charge in [-0.1, -0.05) is 18.2 Å². The van der Waals surface area contributed by atoms with Crippen molar-refractivity contribution >= 4 is 23.0 Å². The van der Waals surface area contributed by atoms with Crippen molar-refractivity contribution in [1.82, 2.24) is 0 Å². The fraction of sp³-hybridized carbons (Fsp3) is 0.300. The van der Waals surface area contributed by atoms with Crippen molar-refractivity contribution in [1.29, 1.82) is 5.26 Å². The number of hydrogen-bond donors (Lipinski definition) is 0. The molecule has 1 fully saturated rings. The lowest BCUT2D eigenvalue weighted by Crippen LogP contribution is -2.41. The summed E-state index contributed by atoms with van der Waals surface area (Å²) in [7, 11) is 1.79. The van der Waals surface area contributed by atoms with Crippen LogP contribution < -0.4 is 9.80 Å². The highest BCUT2D eigenvalue weighted by Gasteiger charge is 2.29. The zero-order chi connectivity index (χ0) is 19.4. The Morgan fingerprint density at radius 2 is 1.89 bits per heavy atom. The summed E-state index contributed by atoms with van der Waals surface area (Å²) >= 11 is 0. The SMILES string of the molecule is CN(C(=O)C1CCN(c2ccc([N+](=O)[O-])cc2C#N)CC1)c1ccccc1. The molecule has 0 atom stereocenters. The number of non-ortho nitro benzene ring substituents is 1. The Labute approximate surface area is 157 Å². The Balaban J connectivity index is 1.68. The first-order valence-electron chi connectivity index (χ1n) is 8.77. The minimum Gasteiger partial charge on any atom is -0.370 e. The van der Waals surface area contributed by atoms with Crippen LogP contribution in [0.15, 0.2) is 48.5 Å². The first-order valence-corrected chi connectivity index (χ1v) is 8.77. The van der Waals surface area contributed by atoms with Gasteiger partial charge in [-0.2, -0.15) is 5.26 Å². The molecule has 138 valence electrons. The number of nitro benzene ring substituents is 1. The third kappa shape index (κ3) is 3.90. The average molecular weight is 364 g/mol. The Hall–Kier alpha value is -3.40. The van der Waals surface area contributed by atoms with Crippen LogP contribution in [0.1, 0.15) is 18.4 Å². The molecule has 1 heterocycles. The Kier molecular flexibility index (Phi) is 5.36. The molecule has 1 aliphatic rings. The van der Waals surface area contributed by atoms with Crippen LogP contribution in [0, 0.1) is 27.4 Å². The molecule has 0 N–H and O–H groups in total. The molecular weight excluding hydrogens is 344 g/mol. The minimum absolute atomic E-state index is 0.0740. The van der Waals surface area contributed by atoms with Crippen molar-refractivity contribution in [3.8, 4) is 6.07 Å². The van der Waals surface area contributed by atoms with Gasteiger partial charge in [-0.3, -0.25) is 14.9 Å². The molecule has 2 aromatic carbocycles. The maximum atomic E-state index is 12.8. The summed E-state index contributed by atoms with van der Waals surface area (Å²) in [6.45, 7) is 1.26. The van der Waals surface area contributed by atoms with Crippen LogP contribution in [0.2, 0.25) is 0 Å². The zero-order valence-electron chi connectivity index (χ0n) is 15.0. The molecule has 0 aliphatic carbocycles. The number of benzene rings is 2.